The number of hydrogen-bond acceptors (Lipinski definition) is 4. The lowest BCUT2D eigenvalue weighted by Crippen LogP contribution is -2.15. The highest BCUT2D eigenvalue weighted by Crippen LogP contribution is 2.24. The minimum Gasteiger partial charge on any atom is -0.323 e. The summed E-state index contributed by atoms with van der Waals surface area (Å²) < 4.78 is 1.57. The van der Waals surface area contributed by atoms with E-state index in [-0.39, 0.29) is 5.91 Å². The van der Waals surface area contributed by atoms with E-state index in [0.717, 1.165) is 5.69 Å². The molecule has 0 unspecified atom stereocenters. The van der Waals surface area contributed by atoms with E-state index < -0.39 is 0 Å². The van der Waals surface area contributed by atoms with Gasteiger partial charge in [-0.2, -0.15) is 16.9 Å². The molecule has 1 amide bonds. The topological polar surface area (TPSA) is 59.8 Å². The molecule has 0 aliphatic rings. The fourth-order valence-electron chi connectivity index (χ4n) is 1.46. The molecule has 0 atom stereocenters. The van der Waals surface area contributed by atoms with Crippen molar-refractivity contribution in [3.8, 4) is 5.69 Å². The van der Waals surface area contributed by atoms with Crippen LogP contribution >= 0.6 is 23.4 Å². The molecule has 94 valence electrons. The van der Waals surface area contributed by atoms with Crippen molar-refractivity contribution in [1.29, 1.82) is 0 Å². The van der Waals surface area contributed by atoms with Crippen molar-refractivity contribution in [3.05, 3.63) is 35.9 Å². The van der Waals surface area contributed by atoms with Gasteiger partial charge in [0.25, 0.3) is 0 Å². The maximum absolute atomic E-state index is 11.6. The Bertz CT molecular complexity index is 544. The molecule has 7 heteroatoms. The zero-order chi connectivity index (χ0) is 13.0. The van der Waals surface area contributed by atoms with E-state index in [1.807, 2.05) is 6.26 Å². The van der Waals surface area contributed by atoms with Crippen molar-refractivity contribution in [1.82, 2.24) is 14.8 Å². The molecule has 0 aliphatic heterocycles. The Morgan fingerprint density at radius 3 is 3.06 bits per heavy atom. The number of carbonyl (C=O) groups is 1. The number of halogens is 1. The summed E-state index contributed by atoms with van der Waals surface area (Å²) in [5.41, 5.74) is 1.35. The maximum atomic E-state index is 11.6. The van der Waals surface area contributed by atoms with Gasteiger partial charge in [-0.05, 0) is 24.5 Å². The summed E-state index contributed by atoms with van der Waals surface area (Å²) in [4.78, 5) is 15.5. The molecular formula is C11H11ClN4OS. The third-order valence-electron chi connectivity index (χ3n) is 2.17. The lowest BCUT2D eigenvalue weighted by molar-refractivity contribution is -0.113. The molecule has 2 aromatic rings. The van der Waals surface area contributed by atoms with Crippen LogP contribution in [0.3, 0.4) is 0 Å². The minimum atomic E-state index is -0.0777. The smallest absolute Gasteiger partial charge is 0.234 e. The van der Waals surface area contributed by atoms with Crippen molar-refractivity contribution in [2.75, 3.05) is 17.3 Å². The van der Waals surface area contributed by atoms with Gasteiger partial charge in [0.1, 0.15) is 12.7 Å². The van der Waals surface area contributed by atoms with Crippen LogP contribution in [0.2, 0.25) is 5.02 Å². The van der Waals surface area contributed by atoms with E-state index in [2.05, 4.69) is 15.4 Å². The molecule has 2 rings (SSSR count). The fraction of sp³-hybridized carbons (Fsp3) is 0.182. The zero-order valence-corrected chi connectivity index (χ0v) is 11.2. The van der Waals surface area contributed by atoms with E-state index in [4.69, 9.17) is 11.6 Å². The molecule has 1 aromatic heterocycles. The van der Waals surface area contributed by atoms with Crippen LogP contribution < -0.4 is 5.32 Å². The van der Waals surface area contributed by atoms with Gasteiger partial charge < -0.3 is 5.32 Å². The fourth-order valence-corrected chi connectivity index (χ4v) is 1.96. The lowest BCUT2D eigenvalue weighted by atomic mass is 10.2. The van der Waals surface area contributed by atoms with E-state index >= 15 is 0 Å². The number of hydrogen-bond donors (Lipinski definition) is 1. The normalized spacial score (nSPS) is 10.3. The number of benzene rings is 1. The first-order chi connectivity index (χ1) is 8.70. The SMILES string of the molecule is CSCC(=O)Nc1cc(Cl)ccc1-n1cncn1. The highest BCUT2D eigenvalue weighted by atomic mass is 35.5. The van der Waals surface area contributed by atoms with Gasteiger partial charge in [-0.1, -0.05) is 11.6 Å². The number of thioether (sulfide) groups is 1. The summed E-state index contributed by atoms with van der Waals surface area (Å²) >= 11 is 7.39. The van der Waals surface area contributed by atoms with Crippen LogP contribution in [0.4, 0.5) is 5.69 Å². The van der Waals surface area contributed by atoms with Gasteiger partial charge in [0, 0.05) is 5.02 Å². The maximum Gasteiger partial charge on any atom is 0.234 e. The molecule has 1 aromatic carbocycles. The van der Waals surface area contributed by atoms with Crippen LogP contribution in [-0.2, 0) is 4.79 Å². The largest absolute Gasteiger partial charge is 0.323 e. The first-order valence-electron chi connectivity index (χ1n) is 5.14. The van der Waals surface area contributed by atoms with E-state index in [1.165, 1.54) is 18.1 Å². The van der Waals surface area contributed by atoms with Gasteiger partial charge in [0.15, 0.2) is 0 Å². The highest BCUT2D eigenvalue weighted by molar-refractivity contribution is 7.99. The lowest BCUT2D eigenvalue weighted by Gasteiger charge is -2.10. The van der Waals surface area contributed by atoms with Gasteiger partial charge in [0.2, 0.25) is 5.91 Å². The Morgan fingerprint density at radius 2 is 2.39 bits per heavy atom. The summed E-state index contributed by atoms with van der Waals surface area (Å²) in [6.45, 7) is 0. The first kappa shape index (κ1) is 12.9. The van der Waals surface area contributed by atoms with Crippen LogP contribution in [0.1, 0.15) is 0 Å². The van der Waals surface area contributed by atoms with Gasteiger partial charge in [0.05, 0.1) is 17.1 Å². The summed E-state index contributed by atoms with van der Waals surface area (Å²) in [5.74, 6) is 0.315. The molecule has 0 saturated heterocycles. The second-order valence-electron chi connectivity index (χ2n) is 3.48. The Kier molecular flexibility index (Phi) is 4.22. The molecule has 1 N–H and O–H groups in total. The Balaban J connectivity index is 2.32. The molecule has 5 nitrogen and oxygen atoms in total. The number of nitrogens with zero attached hydrogens (tertiary/aromatic N) is 3. The molecule has 0 aliphatic carbocycles. The number of aromatic nitrogens is 3. The predicted molar refractivity (Wildman–Crippen MR) is 73.4 cm³/mol. The molecule has 1 heterocycles. The number of amides is 1. The Hall–Kier alpha value is -1.53. The third-order valence-corrected chi connectivity index (χ3v) is 2.96. The van der Waals surface area contributed by atoms with Crippen molar-refractivity contribution >= 4 is 35.0 Å². The quantitative estimate of drug-likeness (QED) is 0.934. The summed E-state index contributed by atoms with van der Waals surface area (Å²) in [5, 5.41) is 7.40. The second-order valence-corrected chi connectivity index (χ2v) is 4.79. The minimum absolute atomic E-state index is 0.0777. The molecular weight excluding hydrogens is 272 g/mol. The van der Waals surface area contributed by atoms with E-state index in [1.54, 1.807) is 29.2 Å². The van der Waals surface area contributed by atoms with Crippen LogP contribution in [0.25, 0.3) is 5.69 Å². The van der Waals surface area contributed by atoms with Crippen LogP contribution in [0, 0.1) is 0 Å². The van der Waals surface area contributed by atoms with Crippen molar-refractivity contribution in [2.24, 2.45) is 0 Å². The third kappa shape index (κ3) is 3.02. The second kappa shape index (κ2) is 5.88. The molecule has 0 bridgehead atoms. The standard InChI is InChI=1S/C11H11ClN4OS/c1-18-5-11(17)15-9-4-8(12)2-3-10(9)16-7-13-6-14-16/h2-4,6-7H,5H2,1H3,(H,15,17). The first-order valence-corrected chi connectivity index (χ1v) is 6.91. The molecule has 18 heavy (non-hydrogen) atoms. The van der Waals surface area contributed by atoms with Crippen LogP contribution in [-0.4, -0.2) is 32.7 Å². The van der Waals surface area contributed by atoms with Crippen molar-refractivity contribution < 1.29 is 4.79 Å². The number of rotatable bonds is 4. The average molecular weight is 283 g/mol. The van der Waals surface area contributed by atoms with Gasteiger partial charge in [-0.3, -0.25) is 4.79 Å². The van der Waals surface area contributed by atoms with Crippen LogP contribution in [0.15, 0.2) is 30.9 Å². The molecule has 0 spiro atoms. The van der Waals surface area contributed by atoms with Gasteiger partial charge in [-0.25, -0.2) is 9.67 Å². The Labute approximate surface area is 114 Å². The van der Waals surface area contributed by atoms with Crippen LogP contribution in [0.5, 0.6) is 0 Å². The van der Waals surface area contributed by atoms with E-state index in [0.29, 0.717) is 16.5 Å². The number of anilines is 1. The summed E-state index contributed by atoms with van der Waals surface area (Å²) in [6, 6.07) is 5.21. The van der Waals surface area contributed by atoms with Crippen molar-refractivity contribution in [3.63, 3.8) is 0 Å². The highest BCUT2D eigenvalue weighted by Gasteiger charge is 2.09. The van der Waals surface area contributed by atoms with Gasteiger partial charge in [-0.15, -0.1) is 0 Å². The summed E-state index contributed by atoms with van der Waals surface area (Å²) in [6.07, 6.45) is 4.87. The zero-order valence-electron chi connectivity index (χ0n) is 9.63. The van der Waals surface area contributed by atoms with E-state index in [9.17, 15) is 4.79 Å². The number of carbonyl (C=O) groups excluding carboxylic acids is 1. The summed E-state index contributed by atoms with van der Waals surface area (Å²) in [7, 11) is 0. The molecule has 0 radical (unpaired) electrons. The molecule has 0 fully saturated rings. The average Bonchev–Trinajstić information content (AvgIpc) is 2.83. The predicted octanol–water partition coefficient (Wildman–Crippen LogP) is 2.22. The number of nitrogens with one attached hydrogen (secondary N) is 1. The molecule has 0 saturated carbocycles. The van der Waals surface area contributed by atoms with Crippen molar-refractivity contribution in [2.45, 2.75) is 0 Å². The monoisotopic (exact) mass is 282 g/mol. The van der Waals surface area contributed by atoms with Gasteiger partial charge >= 0.3 is 0 Å². The Morgan fingerprint density at radius 1 is 1.56 bits per heavy atom.